The van der Waals surface area contributed by atoms with E-state index in [-0.39, 0.29) is 0 Å². The summed E-state index contributed by atoms with van der Waals surface area (Å²) in [4.78, 5) is 0. The van der Waals surface area contributed by atoms with E-state index >= 15 is 0 Å². The minimum absolute atomic E-state index is 0.381. The van der Waals surface area contributed by atoms with Crippen molar-refractivity contribution in [2.75, 3.05) is 0 Å². The molecule has 0 saturated heterocycles. The summed E-state index contributed by atoms with van der Waals surface area (Å²) in [6, 6.07) is 9.41. The Morgan fingerprint density at radius 3 is 2.40 bits per heavy atom. The lowest BCUT2D eigenvalue weighted by Gasteiger charge is -2.14. The third-order valence-electron chi connectivity index (χ3n) is 3.62. The van der Waals surface area contributed by atoms with Gasteiger partial charge in [-0.05, 0) is 54.8 Å². The Morgan fingerprint density at radius 1 is 1.08 bits per heavy atom. The van der Waals surface area contributed by atoms with E-state index in [1.807, 2.05) is 32.0 Å². The Kier molecular flexibility index (Phi) is 5.36. The minimum atomic E-state index is 0.381. The van der Waals surface area contributed by atoms with E-state index in [0.717, 1.165) is 28.0 Å². The molecule has 0 bridgehead atoms. The third-order valence-corrected chi connectivity index (χ3v) is 4.20. The Labute approximate surface area is 155 Å². The molecule has 0 amide bonds. The van der Waals surface area contributed by atoms with Gasteiger partial charge in [0.2, 0.25) is 0 Å². The Balaban J connectivity index is 1.76. The maximum atomic E-state index is 6.20. The first-order valence-corrected chi connectivity index (χ1v) is 8.35. The van der Waals surface area contributed by atoms with Crippen molar-refractivity contribution in [1.82, 2.24) is 14.9 Å². The molecule has 7 heteroatoms. The summed E-state index contributed by atoms with van der Waals surface area (Å²) in [6.07, 6.45) is 4.82. The van der Waals surface area contributed by atoms with Gasteiger partial charge < -0.3 is 4.74 Å². The fourth-order valence-electron chi connectivity index (χ4n) is 2.46. The number of halogens is 2. The van der Waals surface area contributed by atoms with Crippen molar-refractivity contribution in [3.8, 4) is 5.75 Å². The Bertz CT molecular complexity index is 884. The number of aryl methyl sites for hydroxylation is 2. The SMILES string of the molecule is Cc1cc(/C=N\n2cnnc2)cc(C)c1OCc1ccc(Cl)cc1Cl. The van der Waals surface area contributed by atoms with Crippen LogP contribution in [0.4, 0.5) is 0 Å². The number of rotatable bonds is 5. The van der Waals surface area contributed by atoms with E-state index in [1.54, 1.807) is 18.3 Å². The number of hydrogen-bond acceptors (Lipinski definition) is 4. The largest absolute Gasteiger partial charge is 0.488 e. The summed E-state index contributed by atoms with van der Waals surface area (Å²) in [5.41, 5.74) is 3.91. The van der Waals surface area contributed by atoms with E-state index in [0.29, 0.717) is 16.7 Å². The number of ether oxygens (including phenoxy) is 1. The molecule has 0 unspecified atom stereocenters. The Hall–Kier alpha value is -2.37. The molecule has 2 aromatic carbocycles. The molecule has 0 saturated carbocycles. The van der Waals surface area contributed by atoms with E-state index in [9.17, 15) is 0 Å². The van der Waals surface area contributed by atoms with Gasteiger partial charge in [-0.3, -0.25) is 0 Å². The quantitative estimate of drug-likeness (QED) is 0.610. The molecule has 1 aromatic heterocycles. The van der Waals surface area contributed by atoms with Crippen molar-refractivity contribution in [2.24, 2.45) is 5.10 Å². The number of hydrogen-bond donors (Lipinski definition) is 0. The van der Waals surface area contributed by atoms with Crippen LogP contribution in [0, 0.1) is 13.8 Å². The zero-order valence-electron chi connectivity index (χ0n) is 13.8. The summed E-state index contributed by atoms with van der Waals surface area (Å²) in [6.45, 7) is 4.38. The van der Waals surface area contributed by atoms with Crippen molar-refractivity contribution < 1.29 is 4.74 Å². The fraction of sp³-hybridized carbons (Fsp3) is 0.167. The zero-order valence-corrected chi connectivity index (χ0v) is 15.3. The van der Waals surface area contributed by atoms with Crippen molar-refractivity contribution in [3.63, 3.8) is 0 Å². The molecule has 5 nitrogen and oxygen atoms in total. The highest BCUT2D eigenvalue weighted by atomic mass is 35.5. The molecule has 0 fully saturated rings. The molecule has 3 rings (SSSR count). The highest BCUT2D eigenvalue weighted by Crippen LogP contribution is 2.27. The summed E-state index contributed by atoms with van der Waals surface area (Å²) in [5.74, 6) is 0.840. The van der Waals surface area contributed by atoms with Crippen LogP contribution in [0.2, 0.25) is 10.0 Å². The first kappa shape index (κ1) is 17.5. The maximum Gasteiger partial charge on any atom is 0.141 e. The highest BCUT2D eigenvalue weighted by molar-refractivity contribution is 6.35. The lowest BCUT2D eigenvalue weighted by molar-refractivity contribution is 0.302. The number of nitrogens with zero attached hydrogens (tertiary/aromatic N) is 4. The average Bonchev–Trinajstić information content (AvgIpc) is 3.07. The standard InChI is InChI=1S/C18H16Cl2N4O/c1-12-5-14(8-23-24-10-21-22-11-24)6-13(2)18(12)25-9-15-3-4-16(19)7-17(15)20/h3-8,10-11H,9H2,1-2H3/b23-8-. The topological polar surface area (TPSA) is 52.3 Å². The summed E-state index contributed by atoms with van der Waals surface area (Å²) in [5, 5.41) is 12.9. The molecule has 0 aliphatic heterocycles. The van der Waals surface area contributed by atoms with Crippen LogP contribution in [0.15, 0.2) is 48.1 Å². The predicted octanol–water partition coefficient (Wildman–Crippen LogP) is 4.66. The van der Waals surface area contributed by atoms with Gasteiger partial charge in [-0.1, -0.05) is 29.3 Å². The van der Waals surface area contributed by atoms with Gasteiger partial charge in [-0.25, -0.2) is 4.68 Å². The van der Waals surface area contributed by atoms with E-state index in [1.165, 1.54) is 17.3 Å². The number of benzene rings is 2. The predicted molar refractivity (Wildman–Crippen MR) is 99.7 cm³/mol. The number of aromatic nitrogens is 3. The zero-order chi connectivity index (χ0) is 17.8. The molecule has 0 atom stereocenters. The van der Waals surface area contributed by atoms with Crippen molar-refractivity contribution in [2.45, 2.75) is 20.5 Å². The second-order valence-corrected chi connectivity index (χ2v) is 6.44. The van der Waals surface area contributed by atoms with Crippen molar-refractivity contribution in [1.29, 1.82) is 0 Å². The van der Waals surface area contributed by atoms with E-state index in [2.05, 4.69) is 15.3 Å². The fourth-order valence-corrected chi connectivity index (χ4v) is 2.93. The van der Waals surface area contributed by atoms with E-state index < -0.39 is 0 Å². The van der Waals surface area contributed by atoms with Crippen LogP contribution < -0.4 is 4.74 Å². The van der Waals surface area contributed by atoms with Gasteiger partial charge in [0, 0.05) is 15.6 Å². The normalized spacial score (nSPS) is 11.2. The molecule has 3 aromatic rings. The van der Waals surface area contributed by atoms with Gasteiger partial charge in [0.05, 0.1) is 6.21 Å². The summed E-state index contributed by atoms with van der Waals surface area (Å²) < 4.78 is 7.52. The first-order valence-electron chi connectivity index (χ1n) is 7.60. The van der Waals surface area contributed by atoms with Crippen molar-refractivity contribution in [3.05, 3.63) is 75.3 Å². The van der Waals surface area contributed by atoms with Crippen LogP contribution in [-0.2, 0) is 6.61 Å². The second-order valence-electron chi connectivity index (χ2n) is 5.59. The molecular weight excluding hydrogens is 359 g/mol. The van der Waals surface area contributed by atoms with Gasteiger partial charge in [0.15, 0.2) is 0 Å². The monoisotopic (exact) mass is 374 g/mol. The van der Waals surface area contributed by atoms with Gasteiger partial charge in [-0.2, -0.15) is 5.10 Å². The molecule has 25 heavy (non-hydrogen) atoms. The third kappa shape index (κ3) is 4.38. The lowest BCUT2D eigenvalue weighted by Crippen LogP contribution is -2.01. The van der Waals surface area contributed by atoms with Crippen LogP contribution in [0.1, 0.15) is 22.3 Å². The summed E-state index contributed by atoms with van der Waals surface area (Å²) >= 11 is 12.1. The molecule has 0 aliphatic rings. The highest BCUT2D eigenvalue weighted by Gasteiger charge is 2.08. The average molecular weight is 375 g/mol. The van der Waals surface area contributed by atoms with Crippen molar-refractivity contribution >= 4 is 29.4 Å². The Morgan fingerprint density at radius 2 is 1.76 bits per heavy atom. The molecule has 0 spiro atoms. The van der Waals surface area contributed by atoms with Gasteiger partial charge in [-0.15, -0.1) is 10.2 Å². The van der Waals surface area contributed by atoms with Gasteiger partial charge >= 0.3 is 0 Å². The van der Waals surface area contributed by atoms with Crippen LogP contribution in [0.3, 0.4) is 0 Å². The molecule has 0 radical (unpaired) electrons. The molecule has 128 valence electrons. The maximum absolute atomic E-state index is 6.20. The van der Waals surface area contributed by atoms with E-state index in [4.69, 9.17) is 27.9 Å². The molecule has 0 N–H and O–H groups in total. The van der Waals surface area contributed by atoms with Crippen LogP contribution >= 0.6 is 23.2 Å². The minimum Gasteiger partial charge on any atom is -0.488 e. The summed E-state index contributed by atoms with van der Waals surface area (Å²) in [7, 11) is 0. The smallest absolute Gasteiger partial charge is 0.141 e. The van der Waals surface area contributed by atoms with Crippen LogP contribution in [0.25, 0.3) is 0 Å². The van der Waals surface area contributed by atoms with Gasteiger partial charge in [0.1, 0.15) is 25.0 Å². The molecule has 1 heterocycles. The molecular formula is C18H16Cl2N4O. The van der Waals surface area contributed by atoms with Crippen LogP contribution in [-0.4, -0.2) is 21.1 Å². The second kappa shape index (κ2) is 7.68. The molecule has 0 aliphatic carbocycles. The first-order chi connectivity index (χ1) is 12.0. The van der Waals surface area contributed by atoms with Gasteiger partial charge in [0.25, 0.3) is 0 Å². The lowest BCUT2D eigenvalue weighted by atomic mass is 10.1. The van der Waals surface area contributed by atoms with Crippen LogP contribution in [0.5, 0.6) is 5.75 Å².